The fourth-order valence-electron chi connectivity index (χ4n) is 5.22. The number of carbonyl (C=O) groups excluding carboxylic acids is 1. The van der Waals surface area contributed by atoms with Crippen LogP contribution in [-0.4, -0.2) is 33.5 Å². The van der Waals surface area contributed by atoms with E-state index in [4.69, 9.17) is 15.5 Å². The summed E-state index contributed by atoms with van der Waals surface area (Å²) in [5.41, 5.74) is 12.0. The van der Waals surface area contributed by atoms with Gasteiger partial charge in [0.2, 0.25) is 5.91 Å². The van der Waals surface area contributed by atoms with E-state index in [1.165, 1.54) is 0 Å². The predicted octanol–water partition coefficient (Wildman–Crippen LogP) is 4.38. The number of aromatic amines is 1. The molecular weight excluding hydrogens is 478 g/mol. The Hall–Kier alpha value is -4.43. The third-order valence-electron chi connectivity index (χ3n) is 7.13. The van der Waals surface area contributed by atoms with Gasteiger partial charge in [-0.05, 0) is 54.8 Å². The summed E-state index contributed by atoms with van der Waals surface area (Å²) in [6.07, 6.45) is 3.55. The molecule has 6 rings (SSSR count). The molecule has 5 aromatic rings. The minimum atomic E-state index is -0.271. The van der Waals surface area contributed by atoms with Gasteiger partial charge in [0, 0.05) is 48.9 Å². The van der Waals surface area contributed by atoms with Crippen LogP contribution in [0.5, 0.6) is 5.75 Å². The van der Waals surface area contributed by atoms with Crippen molar-refractivity contribution in [1.82, 2.24) is 14.5 Å². The van der Waals surface area contributed by atoms with Gasteiger partial charge in [-0.25, -0.2) is 4.98 Å². The Bertz CT molecular complexity index is 1720. The molecule has 1 aliphatic rings. The normalized spacial score (nSPS) is 12.8. The van der Waals surface area contributed by atoms with Gasteiger partial charge in [-0.15, -0.1) is 0 Å². The Morgan fingerprint density at radius 3 is 2.76 bits per heavy atom. The van der Waals surface area contributed by atoms with E-state index in [1.807, 2.05) is 66.9 Å². The third-order valence-corrected chi connectivity index (χ3v) is 7.13. The quantitative estimate of drug-likeness (QED) is 0.340. The minimum Gasteiger partial charge on any atom is -0.489 e. The lowest BCUT2D eigenvalue weighted by molar-refractivity contribution is -0.116. The van der Waals surface area contributed by atoms with Crippen molar-refractivity contribution < 1.29 is 9.53 Å². The molecule has 0 saturated heterocycles. The highest BCUT2D eigenvalue weighted by molar-refractivity contribution is 5.98. The van der Waals surface area contributed by atoms with Crippen molar-refractivity contribution in [2.45, 2.75) is 32.9 Å². The molecular formula is C30H29N5O3. The van der Waals surface area contributed by atoms with Gasteiger partial charge >= 0.3 is 0 Å². The van der Waals surface area contributed by atoms with E-state index in [1.54, 1.807) is 11.8 Å². The molecule has 0 fully saturated rings. The van der Waals surface area contributed by atoms with E-state index in [-0.39, 0.29) is 11.5 Å². The molecule has 3 aromatic carbocycles. The maximum absolute atomic E-state index is 13.3. The summed E-state index contributed by atoms with van der Waals surface area (Å²) >= 11 is 0. The van der Waals surface area contributed by atoms with Crippen LogP contribution in [0.3, 0.4) is 0 Å². The standard InChI is InChI=1S/C30H29N5O3/c1-19(36)35-13-10-21-14-25-26(16-27(21)35)33-30(37)29(32-25)24-17-34(12-5-11-31)28-15-22(8-9-23(24)28)38-18-20-6-3-2-4-7-20/h2-4,6-9,14-17H,5,10-13,18,31H2,1H3,(H,33,37). The van der Waals surface area contributed by atoms with Crippen molar-refractivity contribution in [3.8, 4) is 17.0 Å². The molecule has 8 heteroatoms. The van der Waals surface area contributed by atoms with Crippen LogP contribution in [0.25, 0.3) is 33.2 Å². The first-order valence-corrected chi connectivity index (χ1v) is 12.9. The Morgan fingerprint density at radius 2 is 1.97 bits per heavy atom. The number of hydrogen-bond donors (Lipinski definition) is 2. The van der Waals surface area contributed by atoms with E-state index in [0.29, 0.717) is 36.4 Å². The monoisotopic (exact) mass is 507 g/mol. The summed E-state index contributed by atoms with van der Waals surface area (Å²) in [4.78, 5) is 34.9. The Balaban J connectivity index is 1.41. The molecule has 3 heterocycles. The molecule has 3 N–H and O–H groups in total. The van der Waals surface area contributed by atoms with Crippen molar-refractivity contribution in [2.24, 2.45) is 5.73 Å². The van der Waals surface area contributed by atoms with Crippen molar-refractivity contribution in [3.05, 3.63) is 88.3 Å². The van der Waals surface area contributed by atoms with E-state index in [2.05, 4.69) is 9.55 Å². The largest absolute Gasteiger partial charge is 0.489 e. The van der Waals surface area contributed by atoms with Gasteiger partial charge in [0.1, 0.15) is 18.1 Å². The summed E-state index contributed by atoms with van der Waals surface area (Å²) < 4.78 is 8.19. The molecule has 0 saturated carbocycles. The zero-order valence-electron chi connectivity index (χ0n) is 21.2. The summed E-state index contributed by atoms with van der Waals surface area (Å²) in [6.45, 7) is 3.95. The van der Waals surface area contributed by atoms with Crippen LogP contribution < -0.4 is 20.9 Å². The highest BCUT2D eigenvalue weighted by Gasteiger charge is 2.24. The first-order chi connectivity index (χ1) is 18.5. The minimum absolute atomic E-state index is 0.00701. The Kier molecular flexibility index (Phi) is 6.17. The fourth-order valence-corrected chi connectivity index (χ4v) is 5.22. The molecule has 0 atom stereocenters. The van der Waals surface area contributed by atoms with Crippen LogP contribution in [0, 0.1) is 0 Å². The van der Waals surface area contributed by atoms with Crippen molar-refractivity contribution >= 4 is 33.5 Å². The number of aromatic nitrogens is 3. The van der Waals surface area contributed by atoms with Gasteiger partial charge in [-0.2, -0.15) is 0 Å². The molecule has 0 aliphatic carbocycles. The zero-order valence-corrected chi connectivity index (χ0v) is 21.2. The molecule has 8 nitrogen and oxygen atoms in total. The molecule has 192 valence electrons. The molecule has 0 unspecified atom stereocenters. The molecule has 38 heavy (non-hydrogen) atoms. The highest BCUT2D eigenvalue weighted by atomic mass is 16.5. The molecule has 1 aliphatic heterocycles. The molecule has 0 bridgehead atoms. The predicted molar refractivity (Wildman–Crippen MR) is 149 cm³/mol. The second kappa shape index (κ2) is 9.79. The van der Waals surface area contributed by atoms with E-state index >= 15 is 0 Å². The summed E-state index contributed by atoms with van der Waals surface area (Å²) in [5.74, 6) is 0.749. The number of nitrogens with one attached hydrogen (secondary N) is 1. The summed E-state index contributed by atoms with van der Waals surface area (Å²) in [6, 6.07) is 19.8. The van der Waals surface area contributed by atoms with Crippen LogP contribution in [-0.2, 0) is 24.4 Å². The number of carbonyl (C=O) groups is 1. The van der Waals surface area contributed by atoms with Crippen LogP contribution >= 0.6 is 0 Å². The van der Waals surface area contributed by atoms with Gasteiger partial charge < -0.3 is 24.9 Å². The van der Waals surface area contributed by atoms with Gasteiger partial charge in [0.05, 0.1) is 16.6 Å². The Labute approximate surface area is 219 Å². The van der Waals surface area contributed by atoms with Crippen LogP contribution in [0.4, 0.5) is 5.69 Å². The fraction of sp³-hybridized carbons (Fsp3) is 0.233. The average molecular weight is 508 g/mol. The van der Waals surface area contributed by atoms with Crippen molar-refractivity contribution in [2.75, 3.05) is 18.0 Å². The van der Waals surface area contributed by atoms with Crippen LogP contribution in [0.15, 0.2) is 71.7 Å². The van der Waals surface area contributed by atoms with Gasteiger partial charge in [0.15, 0.2) is 0 Å². The number of nitrogens with zero attached hydrogens (tertiary/aromatic N) is 3. The van der Waals surface area contributed by atoms with Crippen LogP contribution in [0.1, 0.15) is 24.5 Å². The Morgan fingerprint density at radius 1 is 1.13 bits per heavy atom. The second-order valence-electron chi connectivity index (χ2n) is 9.66. The smallest absolute Gasteiger partial charge is 0.275 e. The average Bonchev–Trinajstić information content (AvgIpc) is 3.50. The van der Waals surface area contributed by atoms with Gasteiger partial charge in [-0.3, -0.25) is 9.59 Å². The van der Waals surface area contributed by atoms with Gasteiger partial charge in [-0.1, -0.05) is 30.3 Å². The van der Waals surface area contributed by atoms with Crippen molar-refractivity contribution in [3.63, 3.8) is 0 Å². The number of amides is 1. The van der Waals surface area contributed by atoms with E-state index in [9.17, 15) is 9.59 Å². The topological polar surface area (TPSA) is 106 Å². The number of aryl methyl sites for hydroxylation is 1. The third kappa shape index (κ3) is 4.33. The first-order valence-electron chi connectivity index (χ1n) is 12.9. The number of anilines is 1. The number of nitrogens with two attached hydrogens (primary N) is 1. The van der Waals surface area contributed by atoms with E-state index in [0.717, 1.165) is 58.4 Å². The zero-order chi connectivity index (χ0) is 26.2. The SMILES string of the molecule is CC(=O)N1CCc2cc3nc(-c4cn(CCCN)c5cc(OCc6ccccc6)ccc45)c(=O)[nH]c3cc21. The number of H-pyrrole nitrogens is 1. The number of ether oxygens (including phenoxy) is 1. The maximum Gasteiger partial charge on any atom is 0.275 e. The second-order valence-corrected chi connectivity index (χ2v) is 9.66. The van der Waals surface area contributed by atoms with Gasteiger partial charge in [0.25, 0.3) is 5.56 Å². The highest BCUT2D eigenvalue weighted by Crippen LogP contribution is 2.34. The molecule has 0 spiro atoms. The van der Waals surface area contributed by atoms with Crippen molar-refractivity contribution in [1.29, 1.82) is 0 Å². The lowest BCUT2D eigenvalue weighted by Crippen LogP contribution is -2.25. The lowest BCUT2D eigenvalue weighted by atomic mass is 10.1. The summed E-state index contributed by atoms with van der Waals surface area (Å²) in [5, 5.41) is 0.926. The van der Waals surface area contributed by atoms with E-state index < -0.39 is 0 Å². The summed E-state index contributed by atoms with van der Waals surface area (Å²) in [7, 11) is 0. The molecule has 2 aromatic heterocycles. The number of rotatable bonds is 7. The number of hydrogen-bond acceptors (Lipinski definition) is 5. The lowest BCUT2D eigenvalue weighted by Gasteiger charge is -2.15. The molecule has 1 amide bonds. The maximum atomic E-state index is 13.3. The number of benzene rings is 3. The molecule has 0 radical (unpaired) electrons. The number of fused-ring (bicyclic) bond motifs is 3. The first kappa shape index (κ1) is 23.9. The van der Waals surface area contributed by atoms with Crippen LogP contribution in [0.2, 0.25) is 0 Å².